The van der Waals surface area contributed by atoms with Crippen LogP contribution in [0.2, 0.25) is 0 Å². The Kier molecular flexibility index (Phi) is 7.08. The molecule has 1 saturated carbocycles. The summed E-state index contributed by atoms with van der Waals surface area (Å²) in [5.74, 6) is 0.0432. The second-order valence-electron chi connectivity index (χ2n) is 10.9. The van der Waals surface area contributed by atoms with E-state index in [0.29, 0.717) is 30.3 Å². The fourth-order valence-corrected chi connectivity index (χ4v) is 6.19. The number of fused-ring (bicyclic) bond motifs is 1. The van der Waals surface area contributed by atoms with Gasteiger partial charge in [-0.15, -0.1) is 0 Å². The smallest absolute Gasteiger partial charge is 0.365 e. The first-order chi connectivity index (χ1) is 18.7. The lowest BCUT2D eigenvalue weighted by molar-refractivity contribution is -0.137. The molecule has 4 aromatic rings. The Balaban J connectivity index is 1.50. The third-order valence-corrected chi connectivity index (χ3v) is 8.45. The van der Waals surface area contributed by atoms with Gasteiger partial charge in [0.1, 0.15) is 18.0 Å². The van der Waals surface area contributed by atoms with Crippen LogP contribution in [-0.2, 0) is 22.7 Å². The zero-order chi connectivity index (χ0) is 28.9. The molecule has 0 bridgehead atoms. The Morgan fingerprint density at radius 3 is 2.33 bits per heavy atom. The number of hydrogen-bond acceptors (Lipinski definition) is 5. The Bertz CT molecular complexity index is 1680. The maximum Gasteiger partial charge on any atom is 0.416 e. The molecule has 0 spiro atoms. The molecule has 1 aromatic heterocycles. The molecule has 0 radical (unpaired) electrons. The van der Waals surface area contributed by atoms with Crippen molar-refractivity contribution in [2.24, 2.45) is 0 Å². The number of nitrogens with zero attached hydrogens (tertiary/aromatic N) is 3. The van der Waals surface area contributed by atoms with Crippen LogP contribution >= 0.6 is 0 Å². The van der Waals surface area contributed by atoms with Crippen LogP contribution in [0.15, 0.2) is 71.9 Å². The van der Waals surface area contributed by atoms with Crippen LogP contribution in [0.5, 0.6) is 0 Å². The van der Waals surface area contributed by atoms with Crippen molar-refractivity contribution in [1.29, 1.82) is 0 Å². The molecule has 1 aliphatic carbocycles. The zero-order valence-electron chi connectivity index (χ0n) is 22.1. The number of alkyl halides is 3. The molecule has 1 heterocycles. The standard InChI is InChI=1S/C29H28F4N4O2S/c1-28(2,3)36-27-24-14-19(8-12-26(24)34-17-35-27)18-7-11-25(30)20(13-18)16-37(22-9-10-22)40(38,39)23-6-4-5-21(15-23)29(31,32)33/h4-8,11-15,17,22H,9-10,16H2,1-3H3,(H,34,35,36). The van der Waals surface area contributed by atoms with Crippen molar-refractivity contribution in [1.82, 2.24) is 14.3 Å². The Morgan fingerprint density at radius 1 is 0.950 bits per heavy atom. The minimum Gasteiger partial charge on any atom is -0.365 e. The summed E-state index contributed by atoms with van der Waals surface area (Å²) in [6, 6.07) is 13.2. The SMILES string of the molecule is CC(C)(C)Nc1ncnc2ccc(-c3ccc(F)c(CN(C4CC4)S(=O)(=O)c4cccc(C(F)(F)F)c4)c3)cc12. The van der Waals surface area contributed by atoms with Gasteiger partial charge in [-0.3, -0.25) is 0 Å². The molecule has 0 amide bonds. The lowest BCUT2D eigenvalue weighted by atomic mass is 10.0. The van der Waals surface area contributed by atoms with Crippen molar-refractivity contribution in [3.8, 4) is 11.1 Å². The molecule has 5 rings (SSSR count). The minimum absolute atomic E-state index is 0.123. The molecule has 11 heteroatoms. The van der Waals surface area contributed by atoms with Crippen molar-refractivity contribution in [3.05, 3.63) is 83.9 Å². The molecule has 0 saturated heterocycles. The van der Waals surface area contributed by atoms with E-state index in [-0.39, 0.29) is 17.6 Å². The lowest BCUT2D eigenvalue weighted by Crippen LogP contribution is -2.33. The van der Waals surface area contributed by atoms with Gasteiger partial charge in [0, 0.05) is 29.1 Å². The number of halogens is 4. The number of sulfonamides is 1. The summed E-state index contributed by atoms with van der Waals surface area (Å²) in [5.41, 5.74) is 0.934. The summed E-state index contributed by atoms with van der Waals surface area (Å²) in [4.78, 5) is 8.23. The van der Waals surface area contributed by atoms with Crippen LogP contribution < -0.4 is 5.32 Å². The first kappa shape index (κ1) is 28.0. The van der Waals surface area contributed by atoms with E-state index in [4.69, 9.17) is 0 Å². The van der Waals surface area contributed by atoms with Gasteiger partial charge >= 0.3 is 6.18 Å². The number of aromatic nitrogens is 2. The highest BCUT2D eigenvalue weighted by Gasteiger charge is 2.40. The van der Waals surface area contributed by atoms with Gasteiger partial charge < -0.3 is 5.32 Å². The summed E-state index contributed by atoms with van der Waals surface area (Å²) in [7, 11) is -4.32. The number of anilines is 1. The summed E-state index contributed by atoms with van der Waals surface area (Å²) in [6.45, 7) is 5.72. The molecule has 1 fully saturated rings. The molecule has 6 nitrogen and oxygen atoms in total. The summed E-state index contributed by atoms with van der Waals surface area (Å²) in [5, 5.41) is 4.13. The second kappa shape index (κ2) is 10.1. The van der Waals surface area contributed by atoms with Crippen LogP contribution in [-0.4, -0.2) is 34.3 Å². The van der Waals surface area contributed by atoms with Crippen molar-refractivity contribution in [3.63, 3.8) is 0 Å². The van der Waals surface area contributed by atoms with Crippen molar-refractivity contribution in [2.75, 3.05) is 5.32 Å². The zero-order valence-corrected chi connectivity index (χ0v) is 22.9. The van der Waals surface area contributed by atoms with E-state index < -0.39 is 38.5 Å². The van der Waals surface area contributed by atoms with E-state index >= 15 is 4.39 Å². The quantitative estimate of drug-likeness (QED) is 0.241. The average molecular weight is 573 g/mol. The molecule has 1 N–H and O–H groups in total. The van der Waals surface area contributed by atoms with Gasteiger partial charge in [-0.25, -0.2) is 22.8 Å². The van der Waals surface area contributed by atoms with Gasteiger partial charge in [0.25, 0.3) is 0 Å². The first-order valence-electron chi connectivity index (χ1n) is 12.7. The monoisotopic (exact) mass is 572 g/mol. The highest BCUT2D eigenvalue weighted by atomic mass is 32.2. The highest BCUT2D eigenvalue weighted by Crippen LogP contribution is 2.37. The molecular formula is C29H28F4N4O2S. The molecule has 40 heavy (non-hydrogen) atoms. The molecular weight excluding hydrogens is 544 g/mol. The van der Waals surface area contributed by atoms with Crippen LogP contribution in [0, 0.1) is 5.82 Å². The largest absolute Gasteiger partial charge is 0.416 e. The van der Waals surface area contributed by atoms with Gasteiger partial charge in [0.2, 0.25) is 10.0 Å². The minimum atomic E-state index is -4.69. The fraction of sp³-hybridized carbons (Fsp3) is 0.310. The predicted octanol–water partition coefficient (Wildman–Crippen LogP) is 7.02. The van der Waals surface area contributed by atoms with E-state index in [1.807, 2.05) is 39.0 Å². The average Bonchev–Trinajstić information content (AvgIpc) is 3.72. The Morgan fingerprint density at radius 2 is 1.65 bits per heavy atom. The van der Waals surface area contributed by atoms with E-state index in [9.17, 15) is 21.6 Å². The van der Waals surface area contributed by atoms with E-state index in [1.54, 1.807) is 12.1 Å². The Hall–Kier alpha value is -3.57. The van der Waals surface area contributed by atoms with Gasteiger partial charge in [-0.2, -0.15) is 17.5 Å². The number of nitrogens with one attached hydrogen (secondary N) is 1. The normalized spacial score (nSPS) is 14.6. The maximum absolute atomic E-state index is 15.0. The molecule has 0 aliphatic heterocycles. The van der Waals surface area contributed by atoms with Crippen LogP contribution in [0.1, 0.15) is 44.7 Å². The van der Waals surface area contributed by atoms with Gasteiger partial charge in [0.05, 0.1) is 16.0 Å². The van der Waals surface area contributed by atoms with Gasteiger partial charge in [-0.05, 0) is 87.2 Å². The summed E-state index contributed by atoms with van der Waals surface area (Å²) < 4.78 is 82.9. The van der Waals surface area contributed by atoms with Gasteiger partial charge in [0.15, 0.2) is 0 Å². The fourth-order valence-electron chi connectivity index (χ4n) is 4.48. The third kappa shape index (κ3) is 5.95. The Labute approximate surface area is 230 Å². The number of benzene rings is 3. The van der Waals surface area contributed by atoms with Crippen LogP contribution in [0.4, 0.5) is 23.4 Å². The van der Waals surface area contributed by atoms with E-state index in [2.05, 4.69) is 15.3 Å². The van der Waals surface area contributed by atoms with Crippen molar-refractivity contribution in [2.45, 2.75) is 62.8 Å². The number of rotatable bonds is 7. The molecule has 3 aromatic carbocycles. The predicted molar refractivity (Wildman–Crippen MR) is 146 cm³/mol. The van der Waals surface area contributed by atoms with E-state index in [1.165, 1.54) is 12.4 Å². The van der Waals surface area contributed by atoms with E-state index in [0.717, 1.165) is 39.0 Å². The van der Waals surface area contributed by atoms with Crippen LogP contribution in [0.3, 0.4) is 0 Å². The van der Waals surface area contributed by atoms with Gasteiger partial charge in [-0.1, -0.05) is 18.2 Å². The highest BCUT2D eigenvalue weighted by molar-refractivity contribution is 7.89. The molecule has 1 aliphatic rings. The lowest BCUT2D eigenvalue weighted by Gasteiger charge is -2.23. The maximum atomic E-state index is 15.0. The summed E-state index contributed by atoms with van der Waals surface area (Å²) >= 11 is 0. The second-order valence-corrected chi connectivity index (χ2v) is 12.8. The first-order valence-corrected chi connectivity index (χ1v) is 14.2. The van der Waals surface area contributed by atoms with Crippen molar-refractivity contribution >= 4 is 26.7 Å². The molecule has 210 valence electrons. The number of hydrogen-bond donors (Lipinski definition) is 1. The van der Waals surface area contributed by atoms with Crippen molar-refractivity contribution < 1.29 is 26.0 Å². The topological polar surface area (TPSA) is 75.2 Å². The van der Waals surface area contributed by atoms with Crippen LogP contribution in [0.25, 0.3) is 22.0 Å². The summed E-state index contributed by atoms with van der Waals surface area (Å²) in [6.07, 6.45) is -2.12. The molecule has 0 atom stereocenters. The molecule has 0 unspecified atom stereocenters. The third-order valence-electron chi connectivity index (χ3n) is 6.56.